The smallest absolute Gasteiger partial charge is 0.167 e. The van der Waals surface area contributed by atoms with Crippen molar-refractivity contribution in [2.75, 3.05) is 26.9 Å². The maximum Gasteiger partial charge on any atom is 0.167 e. The number of ether oxygens (including phenoxy) is 2. The van der Waals surface area contributed by atoms with E-state index in [2.05, 4.69) is 24.3 Å². The van der Waals surface area contributed by atoms with Crippen LogP contribution in [0.2, 0.25) is 0 Å². The highest BCUT2D eigenvalue weighted by Gasteiger charge is 2.39. The molecule has 24 heavy (non-hydrogen) atoms. The maximum atomic E-state index is 5.52. The lowest BCUT2D eigenvalue weighted by molar-refractivity contribution is -0.0747. The summed E-state index contributed by atoms with van der Waals surface area (Å²) in [7, 11) is 1.66. The zero-order valence-electron chi connectivity index (χ0n) is 14.7. The van der Waals surface area contributed by atoms with Crippen LogP contribution in [0.3, 0.4) is 0 Å². The molecule has 1 aromatic carbocycles. The van der Waals surface area contributed by atoms with E-state index in [1.54, 1.807) is 7.11 Å². The molecule has 0 aliphatic carbocycles. The van der Waals surface area contributed by atoms with Gasteiger partial charge in [0.2, 0.25) is 0 Å². The van der Waals surface area contributed by atoms with E-state index in [0.717, 1.165) is 55.4 Å². The Labute approximate surface area is 143 Å². The highest BCUT2D eigenvalue weighted by Crippen LogP contribution is 2.27. The molecule has 130 valence electrons. The second-order valence-corrected chi connectivity index (χ2v) is 6.97. The lowest BCUT2D eigenvalue weighted by atomic mass is 9.90. The summed E-state index contributed by atoms with van der Waals surface area (Å²) in [5.41, 5.74) is 1.96. The number of nitrogens with zero attached hydrogens (tertiary/aromatic N) is 1. The minimum atomic E-state index is 0.00292. The molecule has 0 spiro atoms. The van der Waals surface area contributed by atoms with Gasteiger partial charge < -0.3 is 19.3 Å². The SMILES string of the molecule is COc1ccc(-c2cc(CC3(NCCC(C)C)COC3)no2)cc1. The van der Waals surface area contributed by atoms with E-state index < -0.39 is 0 Å². The first-order valence-corrected chi connectivity index (χ1v) is 8.53. The van der Waals surface area contributed by atoms with E-state index in [-0.39, 0.29) is 5.54 Å². The zero-order valence-corrected chi connectivity index (χ0v) is 14.7. The van der Waals surface area contributed by atoms with Crippen LogP contribution in [0.1, 0.15) is 26.0 Å². The normalized spacial score (nSPS) is 16.2. The van der Waals surface area contributed by atoms with E-state index >= 15 is 0 Å². The molecule has 5 heteroatoms. The van der Waals surface area contributed by atoms with Crippen molar-refractivity contribution in [2.24, 2.45) is 5.92 Å². The Kier molecular flexibility index (Phi) is 5.21. The lowest BCUT2D eigenvalue weighted by Gasteiger charge is -2.42. The summed E-state index contributed by atoms with van der Waals surface area (Å²) < 4.78 is 16.2. The van der Waals surface area contributed by atoms with Gasteiger partial charge in [-0.3, -0.25) is 0 Å². The Morgan fingerprint density at radius 3 is 2.58 bits per heavy atom. The summed E-state index contributed by atoms with van der Waals surface area (Å²) in [4.78, 5) is 0. The first-order valence-electron chi connectivity index (χ1n) is 8.53. The van der Waals surface area contributed by atoms with Gasteiger partial charge in [-0.1, -0.05) is 19.0 Å². The Morgan fingerprint density at radius 2 is 2.00 bits per heavy atom. The van der Waals surface area contributed by atoms with Gasteiger partial charge in [0.1, 0.15) is 5.75 Å². The third-order valence-electron chi connectivity index (χ3n) is 4.43. The standard InChI is InChI=1S/C19H26N2O3/c1-14(2)8-9-20-19(12-23-13-19)11-16-10-18(24-21-16)15-4-6-17(22-3)7-5-15/h4-7,10,14,20H,8-9,11-13H2,1-3H3. The molecule has 1 aliphatic heterocycles. The summed E-state index contributed by atoms with van der Waals surface area (Å²) in [5.74, 6) is 2.31. The molecule has 1 fully saturated rings. The van der Waals surface area contributed by atoms with Crippen LogP contribution in [0.4, 0.5) is 0 Å². The fraction of sp³-hybridized carbons (Fsp3) is 0.526. The average molecular weight is 330 g/mol. The molecule has 1 aliphatic rings. The van der Waals surface area contributed by atoms with Crippen molar-refractivity contribution in [1.82, 2.24) is 10.5 Å². The number of rotatable bonds is 8. The van der Waals surface area contributed by atoms with Crippen molar-refractivity contribution in [2.45, 2.75) is 32.2 Å². The van der Waals surface area contributed by atoms with Crippen LogP contribution in [0.15, 0.2) is 34.9 Å². The number of benzene rings is 1. The average Bonchev–Trinajstić information content (AvgIpc) is 3.00. The van der Waals surface area contributed by atoms with Crippen LogP contribution in [-0.4, -0.2) is 37.6 Å². The Bertz CT molecular complexity index is 645. The molecule has 0 bridgehead atoms. The second kappa shape index (κ2) is 7.36. The molecule has 0 amide bonds. The van der Waals surface area contributed by atoms with Crippen LogP contribution in [0.5, 0.6) is 5.75 Å². The van der Waals surface area contributed by atoms with Crippen molar-refractivity contribution in [3.63, 3.8) is 0 Å². The summed E-state index contributed by atoms with van der Waals surface area (Å²) in [5, 5.41) is 7.90. The lowest BCUT2D eigenvalue weighted by Crippen LogP contribution is -2.62. The van der Waals surface area contributed by atoms with Crippen molar-refractivity contribution in [1.29, 1.82) is 0 Å². The molecule has 2 heterocycles. The number of hydrogen-bond donors (Lipinski definition) is 1. The molecule has 1 saturated heterocycles. The number of nitrogens with one attached hydrogen (secondary N) is 1. The van der Waals surface area contributed by atoms with E-state index in [9.17, 15) is 0 Å². The third-order valence-corrected chi connectivity index (χ3v) is 4.43. The van der Waals surface area contributed by atoms with Crippen LogP contribution in [-0.2, 0) is 11.2 Å². The zero-order chi connectivity index (χ0) is 17.0. The summed E-state index contributed by atoms with van der Waals surface area (Å²) in [6.45, 7) is 6.95. The predicted octanol–water partition coefficient (Wildman–Crippen LogP) is 3.30. The largest absolute Gasteiger partial charge is 0.497 e. The van der Waals surface area contributed by atoms with E-state index in [0.29, 0.717) is 5.92 Å². The van der Waals surface area contributed by atoms with Crippen LogP contribution < -0.4 is 10.1 Å². The van der Waals surface area contributed by atoms with Gasteiger partial charge in [0.05, 0.1) is 31.6 Å². The number of hydrogen-bond acceptors (Lipinski definition) is 5. The van der Waals surface area contributed by atoms with Gasteiger partial charge in [0.15, 0.2) is 5.76 Å². The predicted molar refractivity (Wildman–Crippen MR) is 93.2 cm³/mol. The fourth-order valence-corrected chi connectivity index (χ4v) is 2.87. The molecule has 1 N–H and O–H groups in total. The first-order chi connectivity index (χ1) is 11.6. The summed E-state index contributed by atoms with van der Waals surface area (Å²) >= 11 is 0. The van der Waals surface area contributed by atoms with Gasteiger partial charge in [0, 0.05) is 18.1 Å². The van der Waals surface area contributed by atoms with Gasteiger partial charge in [-0.15, -0.1) is 0 Å². The molecule has 0 atom stereocenters. The van der Waals surface area contributed by atoms with E-state index in [1.807, 2.05) is 30.3 Å². The number of methoxy groups -OCH3 is 1. The van der Waals surface area contributed by atoms with Crippen molar-refractivity contribution in [3.8, 4) is 17.1 Å². The van der Waals surface area contributed by atoms with Crippen molar-refractivity contribution in [3.05, 3.63) is 36.0 Å². The molecule has 0 unspecified atom stereocenters. The molecule has 0 saturated carbocycles. The highest BCUT2D eigenvalue weighted by atomic mass is 16.5. The molecule has 1 aromatic heterocycles. The minimum Gasteiger partial charge on any atom is -0.497 e. The highest BCUT2D eigenvalue weighted by molar-refractivity contribution is 5.58. The van der Waals surface area contributed by atoms with Gasteiger partial charge >= 0.3 is 0 Å². The fourth-order valence-electron chi connectivity index (χ4n) is 2.87. The number of aromatic nitrogens is 1. The van der Waals surface area contributed by atoms with Crippen molar-refractivity contribution >= 4 is 0 Å². The minimum absolute atomic E-state index is 0.00292. The Hall–Kier alpha value is -1.85. The third kappa shape index (κ3) is 3.97. The Balaban J connectivity index is 1.64. The molecular weight excluding hydrogens is 304 g/mol. The molecule has 5 nitrogen and oxygen atoms in total. The first kappa shape index (κ1) is 17.0. The Morgan fingerprint density at radius 1 is 1.25 bits per heavy atom. The topological polar surface area (TPSA) is 56.5 Å². The van der Waals surface area contributed by atoms with Gasteiger partial charge in [-0.2, -0.15) is 0 Å². The monoisotopic (exact) mass is 330 g/mol. The van der Waals surface area contributed by atoms with Crippen LogP contribution in [0.25, 0.3) is 11.3 Å². The van der Waals surface area contributed by atoms with Crippen LogP contribution in [0, 0.1) is 5.92 Å². The maximum absolute atomic E-state index is 5.52. The summed E-state index contributed by atoms with van der Waals surface area (Å²) in [6.07, 6.45) is 1.99. The van der Waals surface area contributed by atoms with E-state index in [1.165, 1.54) is 0 Å². The quantitative estimate of drug-likeness (QED) is 0.805. The van der Waals surface area contributed by atoms with Crippen LogP contribution >= 0.6 is 0 Å². The molecule has 3 rings (SSSR count). The van der Waals surface area contributed by atoms with Gasteiger partial charge in [-0.25, -0.2) is 0 Å². The molecular formula is C19H26N2O3. The van der Waals surface area contributed by atoms with Gasteiger partial charge in [-0.05, 0) is 43.1 Å². The molecule has 2 aromatic rings. The van der Waals surface area contributed by atoms with Crippen molar-refractivity contribution < 1.29 is 14.0 Å². The van der Waals surface area contributed by atoms with Gasteiger partial charge in [0.25, 0.3) is 0 Å². The molecule has 0 radical (unpaired) electrons. The summed E-state index contributed by atoms with van der Waals surface area (Å²) in [6, 6.07) is 9.82. The second-order valence-electron chi connectivity index (χ2n) is 6.97. The van der Waals surface area contributed by atoms with E-state index in [4.69, 9.17) is 14.0 Å².